The summed E-state index contributed by atoms with van der Waals surface area (Å²) in [6.07, 6.45) is 0.368. The zero-order valence-corrected chi connectivity index (χ0v) is 12.1. The molecule has 5 nitrogen and oxygen atoms in total. The van der Waals surface area contributed by atoms with E-state index in [4.69, 9.17) is 4.74 Å². The van der Waals surface area contributed by atoms with Gasteiger partial charge >= 0.3 is 5.97 Å². The molecule has 0 radical (unpaired) electrons. The maximum absolute atomic E-state index is 12.8. The molecule has 0 saturated heterocycles. The van der Waals surface area contributed by atoms with Crippen LogP contribution >= 0.6 is 0 Å². The van der Waals surface area contributed by atoms with E-state index in [1.54, 1.807) is 0 Å². The third-order valence-electron chi connectivity index (χ3n) is 3.09. The van der Waals surface area contributed by atoms with Gasteiger partial charge in [-0.25, -0.2) is 9.18 Å². The molecular weight excluding hydrogens is 289 g/mol. The summed E-state index contributed by atoms with van der Waals surface area (Å²) in [6.45, 7) is 2.80. The summed E-state index contributed by atoms with van der Waals surface area (Å²) < 4.78 is 17.9. The van der Waals surface area contributed by atoms with Crippen molar-refractivity contribution in [2.45, 2.75) is 20.0 Å². The standard InChI is InChI=1S/C16H14FNO4/c1-9(19)12-7-14(18-8-12)16(21)22-10(2)15(20)11-3-5-13(17)6-4-11/h3-8,10,18H,1-2H3/t10-/m1/s1. The number of hydrogen-bond donors (Lipinski definition) is 1. The number of ether oxygens (including phenoxy) is 1. The van der Waals surface area contributed by atoms with Gasteiger partial charge in [-0.3, -0.25) is 9.59 Å². The summed E-state index contributed by atoms with van der Waals surface area (Å²) in [7, 11) is 0. The Morgan fingerprint density at radius 2 is 1.77 bits per heavy atom. The van der Waals surface area contributed by atoms with Gasteiger partial charge < -0.3 is 9.72 Å². The van der Waals surface area contributed by atoms with Gasteiger partial charge in [0.15, 0.2) is 11.9 Å². The molecular formula is C16H14FNO4. The number of ketones is 2. The van der Waals surface area contributed by atoms with E-state index in [9.17, 15) is 18.8 Å². The average molecular weight is 303 g/mol. The van der Waals surface area contributed by atoms with Crippen LogP contribution in [0.15, 0.2) is 36.5 Å². The minimum atomic E-state index is -1.03. The lowest BCUT2D eigenvalue weighted by Gasteiger charge is -2.11. The first-order chi connectivity index (χ1) is 10.4. The number of H-pyrrole nitrogens is 1. The Kier molecular flexibility index (Phi) is 4.50. The molecule has 1 heterocycles. The van der Waals surface area contributed by atoms with Gasteiger partial charge in [-0.15, -0.1) is 0 Å². The molecule has 1 aromatic carbocycles. The summed E-state index contributed by atoms with van der Waals surface area (Å²) >= 11 is 0. The third kappa shape index (κ3) is 3.46. The highest BCUT2D eigenvalue weighted by Gasteiger charge is 2.21. The summed E-state index contributed by atoms with van der Waals surface area (Å²) in [5, 5.41) is 0. The topological polar surface area (TPSA) is 76.2 Å². The van der Waals surface area contributed by atoms with Crippen LogP contribution in [0, 0.1) is 5.82 Å². The fraction of sp³-hybridized carbons (Fsp3) is 0.188. The molecule has 0 aliphatic rings. The van der Waals surface area contributed by atoms with Gasteiger partial charge in [-0.05, 0) is 44.2 Å². The van der Waals surface area contributed by atoms with E-state index in [2.05, 4.69) is 4.98 Å². The number of aromatic nitrogens is 1. The van der Waals surface area contributed by atoms with Crippen LogP contribution in [0.2, 0.25) is 0 Å². The third-order valence-corrected chi connectivity index (χ3v) is 3.09. The van der Waals surface area contributed by atoms with Crippen LogP contribution in [0.5, 0.6) is 0 Å². The summed E-state index contributed by atoms with van der Waals surface area (Å²) in [5.74, 6) is -1.82. The fourth-order valence-electron chi connectivity index (χ4n) is 1.84. The highest BCUT2D eigenvalue weighted by atomic mass is 19.1. The fourth-order valence-corrected chi connectivity index (χ4v) is 1.84. The molecule has 0 unspecified atom stereocenters. The number of benzene rings is 1. The lowest BCUT2D eigenvalue weighted by Crippen LogP contribution is -2.24. The number of carbonyl (C=O) groups is 3. The first kappa shape index (κ1) is 15.6. The number of rotatable bonds is 5. The highest BCUT2D eigenvalue weighted by molar-refractivity contribution is 6.02. The van der Waals surface area contributed by atoms with Crippen LogP contribution in [0.4, 0.5) is 4.39 Å². The predicted molar refractivity (Wildman–Crippen MR) is 76.4 cm³/mol. The van der Waals surface area contributed by atoms with Crippen LogP contribution in [0.3, 0.4) is 0 Å². The van der Waals surface area contributed by atoms with Crippen molar-refractivity contribution in [3.63, 3.8) is 0 Å². The zero-order chi connectivity index (χ0) is 16.3. The number of halogens is 1. The largest absolute Gasteiger partial charge is 0.450 e. The second-order valence-electron chi connectivity index (χ2n) is 4.78. The molecule has 22 heavy (non-hydrogen) atoms. The quantitative estimate of drug-likeness (QED) is 0.680. The molecule has 0 saturated carbocycles. The average Bonchev–Trinajstić information content (AvgIpc) is 2.97. The molecule has 114 valence electrons. The number of esters is 1. The van der Waals surface area contributed by atoms with Crippen molar-refractivity contribution in [1.82, 2.24) is 4.98 Å². The molecule has 1 aromatic heterocycles. The predicted octanol–water partition coefficient (Wildman–Crippen LogP) is 2.78. The van der Waals surface area contributed by atoms with Gasteiger partial charge in [0.05, 0.1) is 0 Å². The number of aromatic amines is 1. The van der Waals surface area contributed by atoms with Crippen molar-refractivity contribution < 1.29 is 23.5 Å². The molecule has 0 spiro atoms. The van der Waals surface area contributed by atoms with E-state index in [1.807, 2.05) is 0 Å². The molecule has 0 aliphatic heterocycles. The van der Waals surface area contributed by atoms with E-state index >= 15 is 0 Å². The molecule has 1 N–H and O–H groups in total. The van der Waals surface area contributed by atoms with Gasteiger partial charge in [-0.2, -0.15) is 0 Å². The van der Waals surface area contributed by atoms with Crippen LogP contribution in [-0.2, 0) is 4.74 Å². The Labute approximate surface area is 126 Å². The minimum absolute atomic E-state index is 0.0870. The number of Topliss-reactive ketones (excluding diaryl/α,β-unsaturated/α-hetero) is 2. The van der Waals surface area contributed by atoms with Crippen molar-refractivity contribution in [2.24, 2.45) is 0 Å². The lowest BCUT2D eigenvalue weighted by molar-refractivity contribution is 0.0313. The van der Waals surface area contributed by atoms with Crippen LogP contribution in [0.1, 0.15) is 45.1 Å². The maximum Gasteiger partial charge on any atom is 0.355 e. The lowest BCUT2D eigenvalue weighted by atomic mass is 10.1. The van der Waals surface area contributed by atoms with E-state index in [1.165, 1.54) is 38.2 Å². The van der Waals surface area contributed by atoms with Crippen LogP contribution in [0.25, 0.3) is 0 Å². The Morgan fingerprint density at radius 1 is 1.14 bits per heavy atom. The normalized spacial score (nSPS) is 11.8. The Hall–Kier alpha value is -2.76. The molecule has 0 amide bonds. The molecule has 0 bridgehead atoms. The SMILES string of the molecule is CC(=O)c1c[nH]c(C(=O)O[C@H](C)C(=O)c2ccc(F)cc2)c1. The van der Waals surface area contributed by atoms with Crippen LogP contribution in [-0.4, -0.2) is 28.6 Å². The number of nitrogens with one attached hydrogen (secondary N) is 1. The Balaban J connectivity index is 2.05. The van der Waals surface area contributed by atoms with Gasteiger partial charge in [-0.1, -0.05) is 0 Å². The number of carbonyl (C=O) groups excluding carboxylic acids is 3. The van der Waals surface area contributed by atoms with Crippen molar-refractivity contribution >= 4 is 17.5 Å². The molecule has 6 heteroatoms. The first-order valence-corrected chi connectivity index (χ1v) is 6.58. The van der Waals surface area contributed by atoms with Crippen LogP contribution < -0.4 is 0 Å². The van der Waals surface area contributed by atoms with Gasteiger partial charge in [0.25, 0.3) is 0 Å². The monoisotopic (exact) mass is 303 g/mol. The van der Waals surface area contributed by atoms with E-state index in [0.717, 1.165) is 12.1 Å². The Bertz CT molecular complexity index is 718. The maximum atomic E-state index is 12.8. The second-order valence-corrected chi connectivity index (χ2v) is 4.78. The smallest absolute Gasteiger partial charge is 0.355 e. The Morgan fingerprint density at radius 3 is 2.32 bits per heavy atom. The summed E-state index contributed by atoms with van der Waals surface area (Å²) in [5.41, 5.74) is 0.686. The minimum Gasteiger partial charge on any atom is -0.450 e. The van der Waals surface area contributed by atoms with E-state index in [-0.39, 0.29) is 17.0 Å². The van der Waals surface area contributed by atoms with E-state index < -0.39 is 23.7 Å². The summed E-state index contributed by atoms with van der Waals surface area (Å²) in [4.78, 5) is 37.8. The molecule has 1 atom stereocenters. The van der Waals surface area contributed by atoms with Crippen molar-refractivity contribution in [3.05, 3.63) is 59.2 Å². The summed E-state index contributed by atoms with van der Waals surface area (Å²) in [6, 6.07) is 6.33. The van der Waals surface area contributed by atoms with Gasteiger partial charge in [0.2, 0.25) is 5.78 Å². The second kappa shape index (κ2) is 6.34. The molecule has 0 fully saturated rings. The van der Waals surface area contributed by atoms with Crippen molar-refractivity contribution in [2.75, 3.05) is 0 Å². The zero-order valence-electron chi connectivity index (χ0n) is 12.1. The van der Waals surface area contributed by atoms with E-state index in [0.29, 0.717) is 5.56 Å². The number of hydrogen-bond acceptors (Lipinski definition) is 4. The highest BCUT2D eigenvalue weighted by Crippen LogP contribution is 2.11. The molecule has 0 aliphatic carbocycles. The first-order valence-electron chi connectivity index (χ1n) is 6.58. The van der Waals surface area contributed by atoms with Crippen molar-refractivity contribution in [3.8, 4) is 0 Å². The van der Waals surface area contributed by atoms with Gasteiger partial charge in [0.1, 0.15) is 11.5 Å². The molecule has 2 rings (SSSR count). The van der Waals surface area contributed by atoms with Gasteiger partial charge in [0, 0.05) is 17.3 Å². The molecule has 2 aromatic rings. The van der Waals surface area contributed by atoms with Crippen molar-refractivity contribution in [1.29, 1.82) is 0 Å².